The maximum absolute atomic E-state index is 11.4. The Hall–Kier alpha value is -2.34. The number of anilines is 1. The number of rotatable bonds is 9. The number of nitrogens with zero attached hydrogens (tertiary/aromatic N) is 1. The van der Waals surface area contributed by atoms with Crippen molar-refractivity contribution >= 4 is 24.5 Å². The van der Waals surface area contributed by atoms with E-state index in [1.165, 1.54) is 37.7 Å². The predicted octanol–water partition coefficient (Wildman–Crippen LogP) is 6.44. The summed E-state index contributed by atoms with van der Waals surface area (Å²) in [6, 6.07) is 14.9. The van der Waals surface area contributed by atoms with Gasteiger partial charge in [0.2, 0.25) is 6.29 Å². The van der Waals surface area contributed by atoms with Crippen LogP contribution in [-0.4, -0.2) is 12.3 Å². The minimum atomic E-state index is -0.643. The lowest BCUT2D eigenvalue weighted by Gasteiger charge is -2.27. The monoisotopic (exact) mass is 428 g/mol. The standard InChI is InChI=1S/C24H32N2O3S/c1-2-3-16-23(28-20-13-9-12-19(17-20)26(30)24(25)27)29-22-15-8-7-14-21(22)18-10-5-4-6-11-18/h7-9,12-15,17-18,23,30H,2-6,10-11,16H2,1H3,(H2,25,27). The second kappa shape index (κ2) is 11.2. The van der Waals surface area contributed by atoms with E-state index in [4.69, 9.17) is 15.2 Å². The third-order valence-electron chi connectivity index (χ3n) is 5.55. The van der Waals surface area contributed by atoms with Gasteiger partial charge in [-0.1, -0.05) is 69.7 Å². The SMILES string of the molecule is CCCCC(Oc1cccc(N(S)C(N)=O)c1)Oc1ccccc1C1CCCCC1. The number of thiol groups is 1. The molecule has 0 radical (unpaired) electrons. The molecular weight excluding hydrogens is 396 g/mol. The van der Waals surface area contributed by atoms with Crippen LogP contribution < -0.4 is 19.5 Å². The summed E-state index contributed by atoms with van der Waals surface area (Å²) in [6.45, 7) is 2.15. The van der Waals surface area contributed by atoms with Crippen molar-refractivity contribution in [2.24, 2.45) is 5.73 Å². The summed E-state index contributed by atoms with van der Waals surface area (Å²) in [7, 11) is 0. The molecule has 5 nitrogen and oxygen atoms in total. The molecule has 1 saturated carbocycles. The minimum Gasteiger partial charge on any atom is -0.455 e. The number of amides is 2. The number of carbonyl (C=O) groups excluding carboxylic acids is 1. The van der Waals surface area contributed by atoms with Gasteiger partial charge in [0.05, 0.1) is 5.69 Å². The van der Waals surface area contributed by atoms with E-state index < -0.39 is 12.3 Å². The number of unbranched alkanes of at least 4 members (excludes halogenated alkanes) is 1. The lowest BCUT2D eigenvalue weighted by atomic mass is 9.84. The summed E-state index contributed by atoms with van der Waals surface area (Å²) >= 11 is 4.13. The first-order valence-corrected chi connectivity index (χ1v) is 11.3. The van der Waals surface area contributed by atoms with Crippen LogP contribution in [-0.2, 0) is 0 Å². The zero-order valence-electron chi connectivity index (χ0n) is 17.6. The average molecular weight is 429 g/mol. The van der Waals surface area contributed by atoms with Gasteiger partial charge in [-0.3, -0.25) is 0 Å². The highest BCUT2D eigenvalue weighted by Gasteiger charge is 2.21. The molecule has 0 aliphatic heterocycles. The Morgan fingerprint density at radius 1 is 1.13 bits per heavy atom. The first-order valence-electron chi connectivity index (χ1n) is 10.9. The van der Waals surface area contributed by atoms with E-state index in [0.717, 1.165) is 29.3 Å². The normalized spacial score (nSPS) is 15.4. The fourth-order valence-corrected chi connectivity index (χ4v) is 4.09. The molecule has 3 rings (SSSR count). The fraction of sp³-hybridized carbons (Fsp3) is 0.458. The largest absolute Gasteiger partial charge is 0.455 e. The van der Waals surface area contributed by atoms with Crippen LogP contribution in [0.3, 0.4) is 0 Å². The molecule has 1 unspecified atom stereocenters. The highest BCUT2D eigenvalue weighted by molar-refractivity contribution is 7.82. The van der Waals surface area contributed by atoms with Crippen molar-refractivity contribution in [1.82, 2.24) is 0 Å². The molecule has 0 spiro atoms. The lowest BCUT2D eigenvalue weighted by Crippen LogP contribution is -2.27. The lowest BCUT2D eigenvalue weighted by molar-refractivity contribution is -0.00311. The summed E-state index contributed by atoms with van der Waals surface area (Å²) in [4.78, 5) is 11.4. The van der Waals surface area contributed by atoms with E-state index in [-0.39, 0.29) is 0 Å². The van der Waals surface area contributed by atoms with Gasteiger partial charge in [-0.15, -0.1) is 0 Å². The van der Waals surface area contributed by atoms with Crippen molar-refractivity contribution < 1.29 is 14.3 Å². The van der Waals surface area contributed by atoms with Crippen LogP contribution in [0.5, 0.6) is 11.5 Å². The van der Waals surface area contributed by atoms with Gasteiger partial charge in [-0.25, -0.2) is 9.10 Å². The summed E-state index contributed by atoms with van der Waals surface area (Å²) < 4.78 is 13.7. The van der Waals surface area contributed by atoms with E-state index in [1.807, 2.05) is 24.3 Å². The maximum atomic E-state index is 11.4. The number of carbonyl (C=O) groups is 1. The molecule has 1 atom stereocenters. The number of nitrogens with two attached hydrogens (primary N) is 1. The molecule has 2 aromatic rings. The molecule has 30 heavy (non-hydrogen) atoms. The van der Waals surface area contributed by atoms with Gasteiger partial charge in [0.15, 0.2) is 0 Å². The molecule has 0 saturated heterocycles. The van der Waals surface area contributed by atoms with Crippen LogP contribution in [0.4, 0.5) is 10.5 Å². The van der Waals surface area contributed by atoms with Gasteiger partial charge in [0.25, 0.3) is 0 Å². The number of ether oxygens (including phenoxy) is 2. The molecule has 1 fully saturated rings. The number of para-hydroxylation sites is 1. The first kappa shape index (κ1) is 22.3. The van der Waals surface area contributed by atoms with Crippen LogP contribution in [0.25, 0.3) is 0 Å². The zero-order valence-corrected chi connectivity index (χ0v) is 18.5. The second-order valence-electron chi connectivity index (χ2n) is 7.83. The van der Waals surface area contributed by atoms with Crippen molar-refractivity contribution in [2.75, 3.05) is 4.31 Å². The van der Waals surface area contributed by atoms with Gasteiger partial charge in [-0.2, -0.15) is 0 Å². The van der Waals surface area contributed by atoms with Gasteiger partial charge in [0, 0.05) is 12.5 Å². The Bertz CT molecular complexity index is 824. The van der Waals surface area contributed by atoms with Gasteiger partial charge in [-0.05, 0) is 48.9 Å². The molecule has 1 aliphatic rings. The van der Waals surface area contributed by atoms with Gasteiger partial charge < -0.3 is 15.2 Å². The van der Waals surface area contributed by atoms with Crippen molar-refractivity contribution in [2.45, 2.75) is 70.5 Å². The number of urea groups is 1. The predicted molar refractivity (Wildman–Crippen MR) is 124 cm³/mol. The summed E-state index contributed by atoms with van der Waals surface area (Å²) in [5, 5.41) is 0. The molecule has 2 amide bonds. The molecule has 6 heteroatoms. The fourth-order valence-electron chi connectivity index (χ4n) is 3.96. The number of primary amides is 1. The number of hydrogen-bond acceptors (Lipinski definition) is 4. The van der Waals surface area contributed by atoms with Crippen LogP contribution in [0, 0.1) is 0 Å². The Labute approximate surface area is 185 Å². The summed E-state index contributed by atoms with van der Waals surface area (Å²) in [6.07, 6.45) is 8.73. The minimum absolute atomic E-state index is 0.410. The highest BCUT2D eigenvalue weighted by atomic mass is 32.1. The van der Waals surface area contributed by atoms with Gasteiger partial charge in [0.1, 0.15) is 11.5 Å². The Kier molecular flexibility index (Phi) is 8.31. The first-order chi connectivity index (χ1) is 14.6. The van der Waals surface area contributed by atoms with Crippen molar-refractivity contribution in [3.05, 3.63) is 54.1 Å². The second-order valence-corrected chi connectivity index (χ2v) is 8.23. The van der Waals surface area contributed by atoms with E-state index >= 15 is 0 Å². The molecule has 1 aliphatic carbocycles. The van der Waals surface area contributed by atoms with Crippen molar-refractivity contribution in [1.29, 1.82) is 0 Å². The molecular formula is C24H32N2O3S. The van der Waals surface area contributed by atoms with Crippen LogP contribution in [0.1, 0.15) is 69.8 Å². The molecule has 162 valence electrons. The van der Waals surface area contributed by atoms with Crippen LogP contribution >= 0.6 is 12.8 Å². The highest BCUT2D eigenvalue weighted by Crippen LogP contribution is 2.38. The Morgan fingerprint density at radius 2 is 1.90 bits per heavy atom. The summed E-state index contributed by atoms with van der Waals surface area (Å²) in [5.74, 6) is 2.08. The Morgan fingerprint density at radius 3 is 2.63 bits per heavy atom. The smallest absolute Gasteiger partial charge is 0.329 e. The zero-order chi connectivity index (χ0) is 21.3. The van der Waals surface area contributed by atoms with E-state index in [2.05, 4.69) is 31.9 Å². The van der Waals surface area contributed by atoms with E-state index in [9.17, 15) is 4.79 Å². The molecule has 2 aromatic carbocycles. The number of benzene rings is 2. The topological polar surface area (TPSA) is 64.8 Å². The van der Waals surface area contributed by atoms with Crippen molar-refractivity contribution in [3.63, 3.8) is 0 Å². The third kappa shape index (κ3) is 6.08. The molecule has 2 N–H and O–H groups in total. The van der Waals surface area contributed by atoms with E-state index in [0.29, 0.717) is 17.4 Å². The van der Waals surface area contributed by atoms with Crippen LogP contribution in [0.15, 0.2) is 48.5 Å². The Balaban J connectivity index is 1.77. The average Bonchev–Trinajstić information content (AvgIpc) is 2.78. The van der Waals surface area contributed by atoms with Crippen molar-refractivity contribution in [3.8, 4) is 11.5 Å². The van der Waals surface area contributed by atoms with Crippen LogP contribution in [0.2, 0.25) is 0 Å². The maximum Gasteiger partial charge on any atom is 0.329 e. The summed E-state index contributed by atoms with van der Waals surface area (Å²) in [5.41, 5.74) is 7.16. The molecule has 0 heterocycles. The molecule has 0 aromatic heterocycles. The quantitative estimate of drug-likeness (QED) is 0.357. The third-order valence-corrected chi connectivity index (χ3v) is 5.98. The number of hydrogen-bond donors (Lipinski definition) is 2. The van der Waals surface area contributed by atoms with Gasteiger partial charge >= 0.3 is 6.03 Å². The van der Waals surface area contributed by atoms with E-state index in [1.54, 1.807) is 12.1 Å². The molecule has 0 bridgehead atoms.